The number of nitrogens with one attached hydrogen (secondary N) is 1. The number of rotatable bonds is 4. The topological polar surface area (TPSA) is 102 Å². The van der Waals surface area contributed by atoms with Gasteiger partial charge in [0, 0.05) is 5.56 Å². The molecule has 6 nitrogen and oxygen atoms in total. The number of carboxylic acid groups (broad SMARTS) is 1. The smallest absolute Gasteiger partial charge is 0.335 e. The molecule has 106 valence electrons. The first kappa shape index (κ1) is 14.3. The molecule has 0 radical (unpaired) electrons. The Kier molecular flexibility index (Phi) is 4.30. The maximum absolute atomic E-state index is 11.7. The van der Waals surface area contributed by atoms with Gasteiger partial charge < -0.3 is 10.2 Å². The highest BCUT2D eigenvalue weighted by molar-refractivity contribution is 5.95. The molecule has 1 amide bonds. The number of aromatic carboxylic acids is 1. The normalized spacial score (nSPS) is 10.5. The van der Waals surface area contributed by atoms with Gasteiger partial charge in [0.25, 0.3) is 5.91 Å². The highest BCUT2D eigenvalue weighted by atomic mass is 16.4. The Bertz CT molecular complexity index is 693. The summed E-state index contributed by atoms with van der Waals surface area (Å²) in [5.74, 6) is -1.76. The zero-order chi connectivity index (χ0) is 15.2. The number of hydrogen-bond acceptors (Lipinski definition) is 4. The number of amides is 1. The van der Waals surface area contributed by atoms with E-state index < -0.39 is 11.9 Å². The van der Waals surface area contributed by atoms with Crippen molar-refractivity contribution in [3.8, 4) is 5.75 Å². The standard InChI is InChI=1S/C15H12N2O4/c18-13-3-1-2-12(8-13)14(19)17-16-9-10-4-6-11(7-5-10)15(20)21/h1-9,18H,(H,17,19)(H,20,21)/p-1/b16-9-. The largest absolute Gasteiger partial charge is 0.872 e. The molecule has 0 spiro atoms. The van der Waals surface area contributed by atoms with Crippen LogP contribution in [0.25, 0.3) is 0 Å². The minimum Gasteiger partial charge on any atom is -0.872 e. The van der Waals surface area contributed by atoms with Crippen LogP contribution in [-0.4, -0.2) is 23.2 Å². The summed E-state index contributed by atoms with van der Waals surface area (Å²) < 4.78 is 0. The lowest BCUT2D eigenvalue weighted by Crippen LogP contribution is -2.17. The van der Waals surface area contributed by atoms with Crippen molar-refractivity contribution in [2.24, 2.45) is 5.10 Å². The fraction of sp³-hybridized carbons (Fsp3) is 0. The van der Waals surface area contributed by atoms with Crippen LogP contribution in [-0.2, 0) is 0 Å². The lowest BCUT2D eigenvalue weighted by molar-refractivity contribution is -0.268. The van der Waals surface area contributed by atoms with Gasteiger partial charge in [-0.25, -0.2) is 10.2 Å². The van der Waals surface area contributed by atoms with Gasteiger partial charge >= 0.3 is 5.97 Å². The first-order valence-electron chi connectivity index (χ1n) is 6.00. The molecule has 0 aliphatic rings. The Labute approximate surface area is 120 Å². The highest BCUT2D eigenvalue weighted by Gasteiger charge is 2.03. The van der Waals surface area contributed by atoms with Crippen LogP contribution in [0.3, 0.4) is 0 Å². The van der Waals surface area contributed by atoms with Gasteiger partial charge in [0.1, 0.15) is 0 Å². The van der Waals surface area contributed by atoms with Gasteiger partial charge in [0.05, 0.1) is 11.8 Å². The van der Waals surface area contributed by atoms with E-state index in [9.17, 15) is 14.7 Å². The number of carbonyl (C=O) groups is 2. The average molecular weight is 283 g/mol. The minimum atomic E-state index is -1.01. The maximum atomic E-state index is 11.7. The SMILES string of the molecule is O=C(O)c1ccc(/C=N\NC(=O)c2cccc([O-])c2)cc1. The van der Waals surface area contributed by atoms with Crippen molar-refractivity contribution in [1.82, 2.24) is 5.43 Å². The van der Waals surface area contributed by atoms with E-state index in [0.29, 0.717) is 5.56 Å². The molecule has 0 unspecified atom stereocenters. The van der Waals surface area contributed by atoms with Crippen molar-refractivity contribution in [2.75, 3.05) is 0 Å². The molecule has 0 heterocycles. The predicted molar refractivity (Wildman–Crippen MR) is 74.3 cm³/mol. The summed E-state index contributed by atoms with van der Waals surface area (Å²) in [5, 5.41) is 23.6. The van der Waals surface area contributed by atoms with E-state index in [-0.39, 0.29) is 16.9 Å². The Balaban J connectivity index is 1.99. The molecule has 6 heteroatoms. The van der Waals surface area contributed by atoms with Crippen LogP contribution in [0.15, 0.2) is 53.6 Å². The molecule has 0 aliphatic heterocycles. The van der Waals surface area contributed by atoms with Gasteiger partial charge in [-0.15, -0.1) is 5.75 Å². The second-order valence-electron chi connectivity index (χ2n) is 4.15. The number of carboxylic acids is 1. The van der Waals surface area contributed by atoms with Gasteiger partial charge in [-0.3, -0.25) is 4.79 Å². The van der Waals surface area contributed by atoms with Crippen molar-refractivity contribution in [1.29, 1.82) is 0 Å². The van der Waals surface area contributed by atoms with E-state index in [0.717, 1.165) is 0 Å². The molecule has 2 rings (SSSR count). The third-order valence-corrected chi connectivity index (χ3v) is 2.63. The van der Waals surface area contributed by atoms with E-state index >= 15 is 0 Å². The lowest BCUT2D eigenvalue weighted by atomic mass is 10.1. The Hall–Kier alpha value is -3.15. The number of carbonyl (C=O) groups excluding carboxylic acids is 1. The van der Waals surface area contributed by atoms with E-state index in [1.54, 1.807) is 12.1 Å². The van der Waals surface area contributed by atoms with Crippen molar-refractivity contribution in [2.45, 2.75) is 0 Å². The quantitative estimate of drug-likeness (QED) is 0.650. The third-order valence-electron chi connectivity index (χ3n) is 2.63. The lowest BCUT2D eigenvalue weighted by Gasteiger charge is -2.06. The third kappa shape index (κ3) is 3.90. The number of hydrogen-bond donors (Lipinski definition) is 2. The summed E-state index contributed by atoms with van der Waals surface area (Å²) in [5.41, 5.74) is 3.32. The first-order chi connectivity index (χ1) is 10.1. The molecule has 0 bridgehead atoms. The molecular formula is C15H11N2O4-. The monoisotopic (exact) mass is 283 g/mol. The summed E-state index contributed by atoms with van der Waals surface area (Å²) in [7, 11) is 0. The Morgan fingerprint density at radius 3 is 2.43 bits per heavy atom. The second kappa shape index (κ2) is 6.33. The summed E-state index contributed by atoms with van der Waals surface area (Å²) in [6.07, 6.45) is 1.38. The van der Waals surface area contributed by atoms with E-state index in [4.69, 9.17) is 5.11 Å². The number of nitrogens with zero attached hydrogens (tertiary/aromatic N) is 1. The summed E-state index contributed by atoms with van der Waals surface area (Å²) in [6, 6.07) is 11.6. The van der Waals surface area contributed by atoms with E-state index in [1.165, 1.54) is 42.6 Å². The zero-order valence-electron chi connectivity index (χ0n) is 10.8. The van der Waals surface area contributed by atoms with Gasteiger partial charge in [-0.2, -0.15) is 5.10 Å². The van der Waals surface area contributed by atoms with Crippen LogP contribution in [0.4, 0.5) is 0 Å². The molecule has 0 aliphatic carbocycles. The van der Waals surface area contributed by atoms with Crippen LogP contribution >= 0.6 is 0 Å². The fourth-order valence-electron chi connectivity index (χ4n) is 1.58. The van der Waals surface area contributed by atoms with E-state index in [2.05, 4.69) is 10.5 Å². The van der Waals surface area contributed by atoms with Crippen molar-refractivity contribution in [3.63, 3.8) is 0 Å². The predicted octanol–water partition coefficient (Wildman–Crippen LogP) is 1.22. The summed E-state index contributed by atoms with van der Waals surface area (Å²) in [4.78, 5) is 22.4. The van der Waals surface area contributed by atoms with Crippen molar-refractivity contribution >= 4 is 18.1 Å². The molecule has 0 aromatic heterocycles. The summed E-state index contributed by atoms with van der Waals surface area (Å²) >= 11 is 0. The second-order valence-corrected chi connectivity index (χ2v) is 4.15. The van der Waals surface area contributed by atoms with E-state index in [1.807, 2.05) is 0 Å². The maximum Gasteiger partial charge on any atom is 0.335 e. The van der Waals surface area contributed by atoms with Gasteiger partial charge in [0.15, 0.2) is 0 Å². The molecular weight excluding hydrogens is 272 g/mol. The number of benzene rings is 2. The Morgan fingerprint density at radius 1 is 1.10 bits per heavy atom. The van der Waals surface area contributed by atoms with Crippen LogP contribution in [0.5, 0.6) is 5.75 Å². The number of hydrazone groups is 1. The zero-order valence-corrected chi connectivity index (χ0v) is 10.8. The van der Waals surface area contributed by atoms with Crippen molar-refractivity contribution < 1.29 is 19.8 Å². The molecule has 2 aromatic carbocycles. The molecule has 0 saturated carbocycles. The van der Waals surface area contributed by atoms with Crippen molar-refractivity contribution in [3.05, 3.63) is 65.2 Å². The van der Waals surface area contributed by atoms with Crippen LogP contribution < -0.4 is 10.5 Å². The van der Waals surface area contributed by atoms with Crippen LogP contribution in [0.2, 0.25) is 0 Å². The van der Waals surface area contributed by atoms with Gasteiger partial charge in [-0.05, 0) is 23.8 Å². The minimum absolute atomic E-state index is 0.170. The highest BCUT2D eigenvalue weighted by Crippen LogP contribution is 2.07. The first-order valence-corrected chi connectivity index (χ1v) is 6.00. The van der Waals surface area contributed by atoms with Crippen LogP contribution in [0.1, 0.15) is 26.3 Å². The summed E-state index contributed by atoms with van der Waals surface area (Å²) in [6.45, 7) is 0. The molecule has 2 aromatic rings. The Morgan fingerprint density at radius 2 is 1.81 bits per heavy atom. The average Bonchev–Trinajstić information content (AvgIpc) is 2.47. The van der Waals surface area contributed by atoms with Gasteiger partial charge in [0.2, 0.25) is 0 Å². The molecule has 21 heavy (non-hydrogen) atoms. The van der Waals surface area contributed by atoms with Gasteiger partial charge in [-0.1, -0.05) is 30.3 Å². The molecule has 0 atom stereocenters. The fourth-order valence-corrected chi connectivity index (χ4v) is 1.58. The molecule has 0 fully saturated rings. The molecule has 0 saturated heterocycles. The van der Waals surface area contributed by atoms with Crippen LogP contribution in [0, 0.1) is 0 Å². The molecule has 2 N–H and O–H groups in total.